The number of pyridine rings is 1. The van der Waals surface area contributed by atoms with Gasteiger partial charge in [-0.3, -0.25) is 4.98 Å². The summed E-state index contributed by atoms with van der Waals surface area (Å²) in [6.45, 7) is 4.17. The average molecular weight is 431 g/mol. The highest BCUT2D eigenvalue weighted by atomic mass is 35.5. The van der Waals surface area contributed by atoms with E-state index in [4.69, 9.17) is 27.9 Å². The van der Waals surface area contributed by atoms with Crippen LogP contribution in [0.3, 0.4) is 0 Å². The summed E-state index contributed by atoms with van der Waals surface area (Å²) in [6.07, 6.45) is 3.16. The van der Waals surface area contributed by atoms with Crippen LogP contribution in [0, 0.1) is 5.92 Å². The Morgan fingerprint density at radius 2 is 1.86 bits per heavy atom. The molecule has 1 aromatic heterocycles. The molecule has 4 nitrogen and oxygen atoms in total. The number of fused-ring (bicyclic) bond motifs is 1. The zero-order valence-corrected chi connectivity index (χ0v) is 18.0. The lowest BCUT2D eigenvalue weighted by molar-refractivity contribution is 0.220. The van der Waals surface area contributed by atoms with Crippen LogP contribution in [0.1, 0.15) is 37.0 Å². The molecule has 0 saturated carbocycles. The summed E-state index contributed by atoms with van der Waals surface area (Å²) < 4.78 is 5.45. The first-order valence-corrected chi connectivity index (χ1v) is 10.6. The van der Waals surface area contributed by atoms with Crippen molar-refractivity contribution in [3.05, 3.63) is 63.8 Å². The largest absolute Gasteiger partial charge is 0.497 e. The Hall–Kier alpha value is -2.01. The first-order valence-electron chi connectivity index (χ1n) is 9.82. The van der Waals surface area contributed by atoms with E-state index in [0.29, 0.717) is 21.5 Å². The second-order valence-electron chi connectivity index (χ2n) is 7.69. The van der Waals surface area contributed by atoms with Crippen LogP contribution in [0.25, 0.3) is 10.9 Å². The minimum absolute atomic E-state index is 0.423. The molecule has 2 aromatic carbocycles. The molecule has 1 atom stereocenters. The van der Waals surface area contributed by atoms with E-state index in [1.165, 1.54) is 0 Å². The third kappa shape index (κ3) is 4.02. The molecule has 1 aliphatic heterocycles. The lowest BCUT2D eigenvalue weighted by atomic mass is 9.94. The van der Waals surface area contributed by atoms with Crippen molar-refractivity contribution in [1.29, 1.82) is 0 Å². The highest BCUT2D eigenvalue weighted by Crippen LogP contribution is 2.39. The maximum Gasteiger partial charge on any atom is 0.119 e. The molecular formula is C23H24Cl2N2O2. The van der Waals surface area contributed by atoms with E-state index in [2.05, 4.69) is 16.8 Å². The van der Waals surface area contributed by atoms with Gasteiger partial charge in [-0.1, -0.05) is 36.2 Å². The molecular weight excluding hydrogens is 407 g/mol. The Balaban J connectivity index is 1.87. The van der Waals surface area contributed by atoms with Gasteiger partial charge in [0.15, 0.2) is 0 Å². The summed E-state index contributed by atoms with van der Waals surface area (Å²) in [5.74, 6) is 1.48. The summed E-state index contributed by atoms with van der Waals surface area (Å²) in [7, 11) is 1.66. The van der Waals surface area contributed by atoms with E-state index in [1.54, 1.807) is 31.5 Å². The van der Waals surface area contributed by atoms with Crippen molar-refractivity contribution in [2.75, 3.05) is 25.1 Å². The summed E-state index contributed by atoms with van der Waals surface area (Å²) in [5.41, 5.74) is 3.35. The van der Waals surface area contributed by atoms with Crippen molar-refractivity contribution in [1.82, 2.24) is 4.98 Å². The average Bonchev–Trinajstić information content (AvgIpc) is 2.74. The zero-order valence-electron chi connectivity index (χ0n) is 16.5. The molecule has 0 spiro atoms. The molecule has 6 heteroatoms. The topological polar surface area (TPSA) is 45.6 Å². The maximum absolute atomic E-state index is 11.3. The summed E-state index contributed by atoms with van der Waals surface area (Å²) in [6, 6.07) is 11.1. The van der Waals surface area contributed by atoms with Crippen molar-refractivity contribution in [3.8, 4) is 5.75 Å². The SMILES string of the molecule is COc1ccc2ncc(C(O)c3ccc(Cl)c(Cl)c3)c(N3CCC(C)CC3)c2c1. The number of halogens is 2. The normalized spacial score (nSPS) is 16.2. The third-order valence-corrected chi connectivity index (χ3v) is 6.47. The van der Waals surface area contributed by atoms with Crippen LogP contribution in [0.15, 0.2) is 42.6 Å². The Morgan fingerprint density at radius 1 is 1.10 bits per heavy atom. The molecule has 2 heterocycles. The highest BCUT2D eigenvalue weighted by molar-refractivity contribution is 6.42. The number of benzene rings is 2. The van der Waals surface area contributed by atoms with Crippen molar-refractivity contribution in [2.24, 2.45) is 5.92 Å². The fourth-order valence-corrected chi connectivity index (χ4v) is 4.25. The van der Waals surface area contributed by atoms with Gasteiger partial charge in [-0.15, -0.1) is 0 Å². The molecule has 3 aromatic rings. The molecule has 4 rings (SSSR count). The minimum atomic E-state index is -0.859. The predicted octanol–water partition coefficient (Wildman–Crippen LogP) is 5.87. The van der Waals surface area contributed by atoms with Crippen LogP contribution in [-0.4, -0.2) is 30.3 Å². The van der Waals surface area contributed by atoms with Crippen LogP contribution in [0.5, 0.6) is 5.75 Å². The fourth-order valence-electron chi connectivity index (χ4n) is 3.95. The van der Waals surface area contributed by atoms with E-state index in [9.17, 15) is 5.11 Å². The van der Waals surface area contributed by atoms with Gasteiger partial charge < -0.3 is 14.7 Å². The molecule has 1 saturated heterocycles. The molecule has 0 aliphatic carbocycles. The molecule has 29 heavy (non-hydrogen) atoms. The van der Waals surface area contributed by atoms with Gasteiger partial charge in [0, 0.05) is 30.2 Å². The standard InChI is InChI=1S/C23H24Cl2N2O2/c1-14-7-9-27(10-8-14)22-17-12-16(29-2)4-6-21(17)26-13-18(22)23(28)15-3-5-19(24)20(25)11-15/h3-6,11-14,23,28H,7-10H2,1-2H3. The van der Waals surface area contributed by atoms with Gasteiger partial charge >= 0.3 is 0 Å². The summed E-state index contributed by atoms with van der Waals surface area (Å²) in [5, 5.41) is 13.1. The lowest BCUT2D eigenvalue weighted by Crippen LogP contribution is -2.34. The van der Waals surface area contributed by atoms with Crippen molar-refractivity contribution in [2.45, 2.75) is 25.9 Å². The van der Waals surface area contributed by atoms with Crippen molar-refractivity contribution >= 4 is 39.8 Å². The highest BCUT2D eigenvalue weighted by Gasteiger charge is 2.25. The molecule has 1 N–H and O–H groups in total. The monoisotopic (exact) mass is 430 g/mol. The van der Waals surface area contributed by atoms with Gasteiger partial charge in [0.05, 0.1) is 28.4 Å². The molecule has 1 unspecified atom stereocenters. The number of ether oxygens (including phenoxy) is 1. The van der Waals surface area contributed by atoms with Gasteiger partial charge in [-0.05, 0) is 54.7 Å². The molecule has 152 valence electrons. The fraction of sp³-hybridized carbons (Fsp3) is 0.348. The number of methoxy groups -OCH3 is 1. The van der Waals surface area contributed by atoms with Gasteiger partial charge in [-0.25, -0.2) is 0 Å². The number of aliphatic hydroxyl groups excluding tert-OH is 1. The Bertz CT molecular complexity index is 1030. The number of rotatable bonds is 4. The number of hydrogen-bond acceptors (Lipinski definition) is 4. The molecule has 0 radical (unpaired) electrons. The van der Waals surface area contributed by atoms with Gasteiger partial charge in [0.2, 0.25) is 0 Å². The van der Waals surface area contributed by atoms with Crippen LogP contribution in [0.4, 0.5) is 5.69 Å². The van der Waals surface area contributed by atoms with E-state index < -0.39 is 6.10 Å². The number of hydrogen-bond donors (Lipinski definition) is 1. The summed E-state index contributed by atoms with van der Waals surface area (Å²) in [4.78, 5) is 6.97. The summed E-state index contributed by atoms with van der Waals surface area (Å²) >= 11 is 12.3. The smallest absolute Gasteiger partial charge is 0.119 e. The van der Waals surface area contributed by atoms with E-state index in [0.717, 1.165) is 53.8 Å². The zero-order chi connectivity index (χ0) is 20.5. The second-order valence-corrected chi connectivity index (χ2v) is 8.51. The molecule has 0 amide bonds. The third-order valence-electron chi connectivity index (χ3n) is 5.73. The minimum Gasteiger partial charge on any atom is -0.497 e. The van der Waals surface area contributed by atoms with Crippen LogP contribution < -0.4 is 9.64 Å². The lowest BCUT2D eigenvalue weighted by Gasteiger charge is -2.35. The van der Waals surface area contributed by atoms with Crippen LogP contribution in [-0.2, 0) is 0 Å². The van der Waals surface area contributed by atoms with Gasteiger partial charge in [0.1, 0.15) is 11.9 Å². The molecule has 1 fully saturated rings. The number of nitrogens with zero attached hydrogens (tertiary/aromatic N) is 2. The van der Waals surface area contributed by atoms with Crippen LogP contribution >= 0.6 is 23.2 Å². The number of piperidine rings is 1. The Morgan fingerprint density at radius 3 is 2.55 bits per heavy atom. The van der Waals surface area contributed by atoms with Crippen molar-refractivity contribution in [3.63, 3.8) is 0 Å². The maximum atomic E-state index is 11.3. The van der Waals surface area contributed by atoms with Crippen molar-refractivity contribution < 1.29 is 9.84 Å². The van der Waals surface area contributed by atoms with Gasteiger partial charge in [0.25, 0.3) is 0 Å². The number of aromatic nitrogens is 1. The second kappa shape index (κ2) is 8.39. The predicted molar refractivity (Wildman–Crippen MR) is 119 cm³/mol. The number of aliphatic hydroxyl groups is 1. The van der Waals surface area contributed by atoms with E-state index in [-0.39, 0.29) is 0 Å². The Kier molecular flexibility index (Phi) is 5.86. The Labute approximate surface area is 181 Å². The quantitative estimate of drug-likeness (QED) is 0.562. The number of anilines is 1. The first kappa shape index (κ1) is 20.3. The molecule has 1 aliphatic rings. The first-order chi connectivity index (χ1) is 14.0. The van der Waals surface area contributed by atoms with Crippen LogP contribution in [0.2, 0.25) is 10.0 Å². The van der Waals surface area contributed by atoms with E-state index >= 15 is 0 Å². The molecule has 0 bridgehead atoms. The van der Waals surface area contributed by atoms with Gasteiger partial charge in [-0.2, -0.15) is 0 Å². The van der Waals surface area contributed by atoms with E-state index in [1.807, 2.05) is 18.2 Å².